The summed E-state index contributed by atoms with van der Waals surface area (Å²) in [5, 5.41) is 10.2. The molecule has 0 aliphatic carbocycles. The van der Waals surface area contributed by atoms with Crippen LogP contribution in [0.25, 0.3) is 0 Å². The second-order valence-electron chi connectivity index (χ2n) is 8.14. The van der Waals surface area contributed by atoms with Crippen molar-refractivity contribution in [2.24, 2.45) is 5.73 Å². The van der Waals surface area contributed by atoms with Crippen molar-refractivity contribution in [2.45, 2.75) is 18.8 Å². The van der Waals surface area contributed by atoms with Gasteiger partial charge in [-0.15, -0.1) is 0 Å². The lowest BCUT2D eigenvalue weighted by molar-refractivity contribution is -0.139. The molecular weight excluding hydrogens is 451 g/mol. The number of halogens is 1. The Hall–Kier alpha value is -4.32. The molecule has 8 nitrogen and oxygen atoms in total. The molecule has 2 N–H and O–H groups in total. The Balaban J connectivity index is 2.07. The maximum absolute atomic E-state index is 15.2. The monoisotopic (exact) mass is 476 g/mol. The quantitative estimate of drug-likeness (QED) is 0.655. The van der Waals surface area contributed by atoms with E-state index in [1.54, 1.807) is 36.4 Å². The van der Waals surface area contributed by atoms with Crippen LogP contribution in [0, 0.1) is 17.1 Å². The first-order chi connectivity index (χ1) is 16.9. The van der Waals surface area contributed by atoms with Crippen molar-refractivity contribution in [2.75, 3.05) is 37.1 Å². The average Bonchev–Trinajstić information content (AvgIpc) is 3.41. The zero-order valence-corrected chi connectivity index (χ0v) is 19.5. The average molecular weight is 477 g/mol. The summed E-state index contributed by atoms with van der Waals surface area (Å²) in [5.74, 6) is -3.29. The van der Waals surface area contributed by atoms with E-state index in [0.717, 1.165) is 12.8 Å². The molecular formula is C26H25FN4O4. The number of methoxy groups -OCH3 is 2. The molecule has 1 atom stereocenters. The summed E-state index contributed by atoms with van der Waals surface area (Å²) in [7, 11) is 2.36. The van der Waals surface area contributed by atoms with Crippen molar-refractivity contribution in [1.29, 1.82) is 5.26 Å². The molecule has 35 heavy (non-hydrogen) atoms. The van der Waals surface area contributed by atoms with Crippen LogP contribution in [-0.4, -0.2) is 39.2 Å². The second kappa shape index (κ2) is 9.89. The highest BCUT2D eigenvalue weighted by atomic mass is 19.1. The largest absolute Gasteiger partial charge is 0.466 e. The van der Waals surface area contributed by atoms with E-state index in [1.165, 1.54) is 31.3 Å². The molecule has 0 saturated carbocycles. The normalized spacial score (nSPS) is 17.9. The molecule has 2 aromatic rings. The molecule has 1 fully saturated rings. The summed E-state index contributed by atoms with van der Waals surface area (Å²) in [4.78, 5) is 29.5. The Morgan fingerprint density at radius 3 is 2.29 bits per heavy atom. The maximum atomic E-state index is 15.2. The van der Waals surface area contributed by atoms with Gasteiger partial charge < -0.3 is 20.1 Å². The van der Waals surface area contributed by atoms with Crippen molar-refractivity contribution in [3.05, 3.63) is 82.6 Å². The molecule has 0 aromatic heterocycles. The van der Waals surface area contributed by atoms with E-state index < -0.39 is 23.7 Å². The van der Waals surface area contributed by atoms with Crippen LogP contribution >= 0.6 is 0 Å². The SMILES string of the molecule is COC(=O)C1=C(C(=O)OC)N(c2cccc(F)c2N2CCCC2)C(N)=C(C#N)C1c1ccccc1. The van der Waals surface area contributed by atoms with Crippen LogP contribution in [0.2, 0.25) is 0 Å². The summed E-state index contributed by atoms with van der Waals surface area (Å²) in [6.07, 6.45) is 1.76. The Morgan fingerprint density at radius 2 is 1.69 bits per heavy atom. The molecule has 4 rings (SSSR count). The van der Waals surface area contributed by atoms with Gasteiger partial charge in [-0.1, -0.05) is 36.4 Å². The standard InChI is InChI=1S/C26H25FN4O4/c1-34-25(32)21-20(16-9-4-3-5-10-16)17(15-28)24(29)31(23(21)26(33)35-2)19-12-8-11-18(27)22(19)30-13-6-7-14-30/h3-5,8-12,20H,6-7,13-14,29H2,1-2H3. The molecule has 2 aliphatic rings. The molecule has 0 amide bonds. The van der Waals surface area contributed by atoms with Crippen molar-refractivity contribution in [3.63, 3.8) is 0 Å². The van der Waals surface area contributed by atoms with Gasteiger partial charge in [-0.05, 0) is 30.5 Å². The number of anilines is 2. The van der Waals surface area contributed by atoms with Gasteiger partial charge in [0.2, 0.25) is 0 Å². The van der Waals surface area contributed by atoms with Crippen LogP contribution in [0.1, 0.15) is 24.3 Å². The first kappa shape index (κ1) is 23.8. The molecule has 2 heterocycles. The zero-order valence-electron chi connectivity index (χ0n) is 19.5. The number of carbonyl (C=O) groups is 2. The number of nitrogens with two attached hydrogens (primary N) is 1. The van der Waals surface area contributed by atoms with Crippen LogP contribution in [-0.2, 0) is 19.1 Å². The zero-order chi connectivity index (χ0) is 25.1. The van der Waals surface area contributed by atoms with Crippen molar-refractivity contribution in [3.8, 4) is 6.07 Å². The number of carbonyl (C=O) groups excluding carboxylic acids is 2. The molecule has 0 bridgehead atoms. The van der Waals surface area contributed by atoms with E-state index in [2.05, 4.69) is 6.07 Å². The van der Waals surface area contributed by atoms with Gasteiger partial charge in [-0.25, -0.2) is 14.0 Å². The third-order valence-electron chi connectivity index (χ3n) is 6.24. The molecule has 2 aromatic carbocycles. The van der Waals surface area contributed by atoms with Gasteiger partial charge in [0.1, 0.15) is 17.3 Å². The van der Waals surface area contributed by atoms with Crippen molar-refractivity contribution in [1.82, 2.24) is 0 Å². The van der Waals surface area contributed by atoms with Crippen LogP contribution in [0.5, 0.6) is 0 Å². The van der Waals surface area contributed by atoms with Gasteiger partial charge in [0.25, 0.3) is 0 Å². The highest BCUT2D eigenvalue weighted by Crippen LogP contribution is 2.46. The van der Waals surface area contributed by atoms with Gasteiger partial charge in [0.15, 0.2) is 0 Å². The smallest absolute Gasteiger partial charge is 0.355 e. The third-order valence-corrected chi connectivity index (χ3v) is 6.24. The van der Waals surface area contributed by atoms with E-state index in [4.69, 9.17) is 15.2 Å². The molecule has 2 aliphatic heterocycles. The fourth-order valence-corrected chi connectivity index (χ4v) is 4.70. The third kappa shape index (κ3) is 4.08. The lowest BCUT2D eigenvalue weighted by Gasteiger charge is -2.37. The number of nitriles is 1. The van der Waals surface area contributed by atoms with Crippen LogP contribution in [0.15, 0.2) is 71.2 Å². The Labute approximate surface area is 202 Å². The number of nitrogens with zero attached hydrogens (tertiary/aromatic N) is 3. The minimum absolute atomic E-state index is 0.0286. The van der Waals surface area contributed by atoms with Crippen LogP contribution < -0.4 is 15.5 Å². The van der Waals surface area contributed by atoms with E-state index in [9.17, 15) is 14.9 Å². The van der Waals surface area contributed by atoms with Gasteiger partial charge >= 0.3 is 11.9 Å². The Bertz CT molecular complexity index is 1260. The number of hydrogen-bond acceptors (Lipinski definition) is 8. The summed E-state index contributed by atoms with van der Waals surface area (Å²) in [5.41, 5.74) is 7.25. The summed E-state index contributed by atoms with van der Waals surface area (Å²) >= 11 is 0. The van der Waals surface area contributed by atoms with Crippen molar-refractivity contribution >= 4 is 23.3 Å². The molecule has 9 heteroatoms. The summed E-state index contributed by atoms with van der Waals surface area (Å²) in [6, 6.07) is 15.2. The number of esters is 2. The highest BCUT2D eigenvalue weighted by molar-refractivity contribution is 6.07. The lowest BCUT2D eigenvalue weighted by Crippen LogP contribution is -2.41. The first-order valence-electron chi connectivity index (χ1n) is 11.1. The molecule has 1 saturated heterocycles. The molecule has 180 valence electrons. The fourth-order valence-electron chi connectivity index (χ4n) is 4.70. The van der Waals surface area contributed by atoms with E-state index in [1.807, 2.05) is 4.90 Å². The fraction of sp³-hybridized carbons (Fsp3) is 0.269. The number of rotatable bonds is 5. The molecule has 1 unspecified atom stereocenters. The second-order valence-corrected chi connectivity index (χ2v) is 8.14. The topological polar surface area (TPSA) is 109 Å². The number of benzene rings is 2. The van der Waals surface area contributed by atoms with Crippen molar-refractivity contribution < 1.29 is 23.5 Å². The highest BCUT2D eigenvalue weighted by Gasteiger charge is 2.44. The summed E-state index contributed by atoms with van der Waals surface area (Å²) < 4.78 is 25.3. The Morgan fingerprint density at radius 1 is 1.03 bits per heavy atom. The maximum Gasteiger partial charge on any atom is 0.355 e. The molecule has 0 radical (unpaired) electrons. The summed E-state index contributed by atoms with van der Waals surface area (Å²) in [6.45, 7) is 1.23. The van der Waals surface area contributed by atoms with Crippen LogP contribution in [0.4, 0.5) is 15.8 Å². The predicted octanol–water partition coefficient (Wildman–Crippen LogP) is 3.32. The van der Waals surface area contributed by atoms with E-state index in [-0.39, 0.29) is 34.0 Å². The van der Waals surface area contributed by atoms with Gasteiger partial charge in [-0.3, -0.25) is 4.90 Å². The lowest BCUT2D eigenvalue weighted by atomic mass is 9.81. The molecule has 0 spiro atoms. The van der Waals surface area contributed by atoms with Gasteiger partial charge in [0, 0.05) is 13.1 Å². The van der Waals surface area contributed by atoms with E-state index >= 15 is 4.39 Å². The number of ether oxygens (including phenoxy) is 2. The number of hydrogen-bond donors (Lipinski definition) is 1. The number of allylic oxidation sites excluding steroid dienone is 1. The van der Waals surface area contributed by atoms with Gasteiger partial charge in [0.05, 0.1) is 48.7 Å². The van der Waals surface area contributed by atoms with Gasteiger partial charge in [-0.2, -0.15) is 5.26 Å². The minimum Gasteiger partial charge on any atom is -0.466 e. The predicted molar refractivity (Wildman–Crippen MR) is 127 cm³/mol. The minimum atomic E-state index is -0.984. The first-order valence-corrected chi connectivity index (χ1v) is 11.1. The van der Waals surface area contributed by atoms with E-state index in [0.29, 0.717) is 18.7 Å². The number of para-hydroxylation sites is 1. The van der Waals surface area contributed by atoms with Crippen LogP contribution in [0.3, 0.4) is 0 Å². The Kier molecular flexibility index (Phi) is 6.73.